The zero-order valence-electron chi connectivity index (χ0n) is 17.6. The summed E-state index contributed by atoms with van der Waals surface area (Å²) in [4.78, 5) is 0. The molecule has 0 saturated heterocycles. The van der Waals surface area contributed by atoms with Crippen LogP contribution in [0, 0.1) is 46.3 Å². The summed E-state index contributed by atoms with van der Waals surface area (Å²) >= 11 is 0. The van der Waals surface area contributed by atoms with Crippen molar-refractivity contribution in [2.45, 2.75) is 97.5 Å². The van der Waals surface area contributed by atoms with Gasteiger partial charge in [0.05, 0.1) is 6.10 Å². The minimum absolute atomic E-state index is 0.0288. The Hall–Kier alpha value is -0.0800. The number of nitrogens with two attached hydrogens (primary N) is 1. The maximum atomic E-state index is 11.3. The summed E-state index contributed by atoms with van der Waals surface area (Å²) in [6.45, 7) is 8.53. The highest BCUT2D eigenvalue weighted by Gasteiger charge is 2.62. The van der Waals surface area contributed by atoms with E-state index in [-0.39, 0.29) is 6.10 Å². The van der Waals surface area contributed by atoms with Crippen LogP contribution in [0.5, 0.6) is 0 Å². The molecule has 9 atom stereocenters. The highest BCUT2D eigenvalue weighted by Crippen LogP contribution is 2.68. The molecule has 4 fully saturated rings. The number of fused-ring (bicyclic) bond motifs is 5. The van der Waals surface area contributed by atoms with Crippen LogP contribution in [0.1, 0.15) is 91.4 Å². The summed E-state index contributed by atoms with van der Waals surface area (Å²) < 4.78 is 0. The molecule has 4 rings (SSSR count). The average molecular weight is 362 g/mol. The van der Waals surface area contributed by atoms with Crippen LogP contribution in [0.2, 0.25) is 0 Å². The summed E-state index contributed by atoms with van der Waals surface area (Å²) in [5.74, 6) is 4.57. The first-order valence-electron chi connectivity index (χ1n) is 11.8. The summed E-state index contributed by atoms with van der Waals surface area (Å²) in [5.41, 5.74) is 6.78. The second kappa shape index (κ2) is 7.07. The molecule has 2 heteroatoms. The third-order valence-corrected chi connectivity index (χ3v) is 10.2. The number of aliphatic hydroxyl groups excluding tert-OH is 1. The molecule has 0 amide bonds. The standard InChI is InChI=1S/C24H43NO/c1-16(7-6-14-25)18-9-10-19-22-20(11-13-24(18,19)3)23(2)12-5-4-8-17(23)15-21(22)26/h16-22,26H,4-15,25H2,1-3H3/t16-,17?,18-,19+,20+,21+,22+,23+,24-/m1/s1. The van der Waals surface area contributed by atoms with Gasteiger partial charge in [0, 0.05) is 0 Å². The van der Waals surface area contributed by atoms with Gasteiger partial charge in [-0.3, -0.25) is 0 Å². The molecular weight excluding hydrogens is 318 g/mol. The number of aliphatic hydroxyl groups is 1. The fourth-order valence-corrected chi connectivity index (χ4v) is 8.87. The highest BCUT2D eigenvalue weighted by atomic mass is 16.3. The second-order valence-electron chi connectivity index (χ2n) is 11.2. The topological polar surface area (TPSA) is 46.2 Å². The van der Waals surface area contributed by atoms with Crippen molar-refractivity contribution < 1.29 is 5.11 Å². The van der Waals surface area contributed by atoms with E-state index in [0.717, 1.165) is 42.6 Å². The molecule has 3 N–H and O–H groups in total. The van der Waals surface area contributed by atoms with Crippen LogP contribution >= 0.6 is 0 Å². The van der Waals surface area contributed by atoms with Crippen LogP contribution in [0.25, 0.3) is 0 Å². The van der Waals surface area contributed by atoms with Crippen molar-refractivity contribution in [3.63, 3.8) is 0 Å². The van der Waals surface area contributed by atoms with Crippen LogP contribution < -0.4 is 5.73 Å². The van der Waals surface area contributed by atoms with E-state index in [4.69, 9.17) is 5.73 Å². The lowest BCUT2D eigenvalue weighted by molar-refractivity contribution is -0.164. The van der Waals surface area contributed by atoms with E-state index in [2.05, 4.69) is 20.8 Å². The van der Waals surface area contributed by atoms with Crippen molar-refractivity contribution in [3.8, 4) is 0 Å². The molecule has 4 aliphatic rings. The first-order valence-corrected chi connectivity index (χ1v) is 11.8. The molecule has 0 radical (unpaired) electrons. The molecule has 4 saturated carbocycles. The fourth-order valence-electron chi connectivity index (χ4n) is 8.87. The van der Waals surface area contributed by atoms with Crippen LogP contribution in [0.15, 0.2) is 0 Å². The zero-order chi connectivity index (χ0) is 18.5. The Balaban J connectivity index is 1.58. The molecule has 0 aromatic heterocycles. The maximum Gasteiger partial charge on any atom is 0.0577 e. The van der Waals surface area contributed by atoms with Gasteiger partial charge in [-0.1, -0.05) is 33.6 Å². The van der Waals surface area contributed by atoms with E-state index in [0.29, 0.717) is 16.7 Å². The molecule has 0 heterocycles. The molecule has 26 heavy (non-hydrogen) atoms. The molecule has 0 aromatic carbocycles. The third kappa shape index (κ3) is 2.81. The Labute approximate surface area is 161 Å². The summed E-state index contributed by atoms with van der Waals surface area (Å²) in [5, 5.41) is 11.3. The van der Waals surface area contributed by atoms with Gasteiger partial charge in [0.15, 0.2) is 0 Å². The SMILES string of the molecule is C[C@H](CCCN)[C@H]1CC[C@H]2[C@@H]3[C@@H](O)CC4CCCC[C@]4(C)[C@H]3CC[C@]12C. The number of hydrogen-bond donors (Lipinski definition) is 2. The smallest absolute Gasteiger partial charge is 0.0577 e. The largest absolute Gasteiger partial charge is 0.393 e. The fraction of sp³-hybridized carbons (Fsp3) is 1.00. The van der Waals surface area contributed by atoms with Gasteiger partial charge in [-0.25, -0.2) is 0 Å². The minimum atomic E-state index is -0.0288. The van der Waals surface area contributed by atoms with Crippen molar-refractivity contribution in [1.29, 1.82) is 0 Å². The predicted molar refractivity (Wildman–Crippen MR) is 109 cm³/mol. The van der Waals surface area contributed by atoms with E-state index in [9.17, 15) is 5.11 Å². The molecular formula is C24H43NO. The molecule has 0 aromatic rings. The van der Waals surface area contributed by atoms with Crippen molar-refractivity contribution in [2.24, 2.45) is 52.1 Å². The highest BCUT2D eigenvalue weighted by molar-refractivity contribution is 5.11. The van der Waals surface area contributed by atoms with Crippen molar-refractivity contribution in [2.75, 3.05) is 6.54 Å². The molecule has 0 bridgehead atoms. The number of rotatable bonds is 4. The molecule has 2 nitrogen and oxygen atoms in total. The Kier molecular flexibility index (Phi) is 5.23. The average Bonchev–Trinajstić information content (AvgIpc) is 2.97. The zero-order valence-corrected chi connectivity index (χ0v) is 17.6. The summed E-state index contributed by atoms with van der Waals surface area (Å²) in [6.07, 6.45) is 14.7. The Bertz CT molecular complexity index is 506. The van der Waals surface area contributed by atoms with E-state index in [1.54, 1.807) is 0 Å². The van der Waals surface area contributed by atoms with Gasteiger partial charge in [-0.2, -0.15) is 0 Å². The molecule has 0 spiro atoms. The van der Waals surface area contributed by atoms with Crippen LogP contribution in [0.4, 0.5) is 0 Å². The molecule has 1 unspecified atom stereocenters. The lowest BCUT2D eigenvalue weighted by Crippen LogP contribution is -2.57. The van der Waals surface area contributed by atoms with Crippen LogP contribution in [0.3, 0.4) is 0 Å². The Morgan fingerprint density at radius 3 is 2.54 bits per heavy atom. The van der Waals surface area contributed by atoms with Crippen molar-refractivity contribution in [1.82, 2.24) is 0 Å². The minimum Gasteiger partial charge on any atom is -0.393 e. The molecule has 4 aliphatic carbocycles. The van der Waals surface area contributed by atoms with E-state index in [1.165, 1.54) is 64.2 Å². The van der Waals surface area contributed by atoms with E-state index >= 15 is 0 Å². The summed E-state index contributed by atoms with van der Waals surface area (Å²) in [7, 11) is 0. The maximum absolute atomic E-state index is 11.3. The van der Waals surface area contributed by atoms with Crippen LogP contribution in [-0.2, 0) is 0 Å². The monoisotopic (exact) mass is 361 g/mol. The van der Waals surface area contributed by atoms with Crippen molar-refractivity contribution in [3.05, 3.63) is 0 Å². The van der Waals surface area contributed by atoms with Gasteiger partial charge >= 0.3 is 0 Å². The number of hydrogen-bond acceptors (Lipinski definition) is 2. The van der Waals surface area contributed by atoms with Gasteiger partial charge in [-0.15, -0.1) is 0 Å². The van der Waals surface area contributed by atoms with Gasteiger partial charge < -0.3 is 10.8 Å². The van der Waals surface area contributed by atoms with Gasteiger partial charge in [0.25, 0.3) is 0 Å². The van der Waals surface area contributed by atoms with E-state index in [1.807, 2.05) is 0 Å². The lowest BCUT2D eigenvalue weighted by atomic mass is 9.44. The third-order valence-electron chi connectivity index (χ3n) is 10.2. The van der Waals surface area contributed by atoms with Gasteiger partial charge in [0.1, 0.15) is 0 Å². The normalized spacial score (nSPS) is 52.0. The first kappa shape index (κ1) is 19.2. The second-order valence-corrected chi connectivity index (χ2v) is 11.2. The lowest BCUT2D eigenvalue weighted by Gasteiger charge is -2.62. The van der Waals surface area contributed by atoms with Crippen LogP contribution in [-0.4, -0.2) is 17.8 Å². The predicted octanol–water partition coefficient (Wildman–Crippen LogP) is 5.38. The Morgan fingerprint density at radius 2 is 1.77 bits per heavy atom. The van der Waals surface area contributed by atoms with Gasteiger partial charge in [0.2, 0.25) is 0 Å². The van der Waals surface area contributed by atoms with Gasteiger partial charge in [-0.05, 0) is 111 Å². The van der Waals surface area contributed by atoms with E-state index < -0.39 is 0 Å². The summed E-state index contributed by atoms with van der Waals surface area (Å²) in [6, 6.07) is 0. The molecule has 150 valence electrons. The first-order chi connectivity index (χ1) is 12.4. The quantitative estimate of drug-likeness (QED) is 0.706. The molecule has 0 aliphatic heterocycles. The Morgan fingerprint density at radius 1 is 1.00 bits per heavy atom. The van der Waals surface area contributed by atoms with Crippen molar-refractivity contribution >= 4 is 0 Å².